The van der Waals surface area contributed by atoms with Crippen LogP contribution in [0.5, 0.6) is 0 Å². The first kappa shape index (κ1) is 15.5. The van der Waals surface area contributed by atoms with E-state index < -0.39 is 0 Å². The van der Waals surface area contributed by atoms with Crippen molar-refractivity contribution in [3.8, 4) is 0 Å². The molecule has 0 spiro atoms. The van der Waals surface area contributed by atoms with Crippen LogP contribution in [0.1, 0.15) is 22.3 Å². The summed E-state index contributed by atoms with van der Waals surface area (Å²) >= 11 is 11.9. The first-order valence-electron chi connectivity index (χ1n) is 4.25. The van der Waals surface area contributed by atoms with Crippen molar-refractivity contribution in [3.05, 3.63) is 33.3 Å². The molecular formula is C10H11Cl2LiOP. The van der Waals surface area contributed by atoms with E-state index in [1.54, 1.807) is 6.07 Å². The Hall–Kier alpha value is 0.497. The molecule has 1 aromatic carbocycles. The van der Waals surface area contributed by atoms with Gasteiger partial charge in [-0.3, -0.25) is 4.79 Å². The zero-order valence-electron chi connectivity index (χ0n) is 8.81. The van der Waals surface area contributed by atoms with Crippen LogP contribution in [0.4, 0.5) is 0 Å². The normalized spacial score (nSPS) is 9.60. The van der Waals surface area contributed by atoms with Gasteiger partial charge in [0.1, 0.15) is 0 Å². The van der Waals surface area contributed by atoms with Crippen LogP contribution >= 0.6 is 32.4 Å². The van der Waals surface area contributed by atoms with Gasteiger partial charge in [-0.2, -0.15) is 0 Å². The molecule has 0 bridgehead atoms. The third-order valence-electron chi connectivity index (χ3n) is 1.93. The summed E-state index contributed by atoms with van der Waals surface area (Å²) in [5.74, 6) is -0.00120. The second-order valence-corrected chi connectivity index (χ2v) is 4.38. The molecule has 0 fully saturated rings. The van der Waals surface area contributed by atoms with Crippen molar-refractivity contribution in [2.24, 2.45) is 0 Å². The number of ketones is 1. The predicted octanol–water partition coefficient (Wildman–Crippen LogP) is 3.37. The monoisotopic (exact) mass is 255 g/mol. The van der Waals surface area contributed by atoms with E-state index in [1.807, 2.05) is 13.0 Å². The zero-order chi connectivity index (χ0) is 10.7. The SMILES string of the molecule is Cc1ccc(Cl)c(C(=O)CCP)c1Cl.[Li]. The van der Waals surface area contributed by atoms with Crippen LogP contribution in [0.2, 0.25) is 10.0 Å². The Bertz CT molecular complexity index is 369. The fraction of sp³-hybridized carbons (Fsp3) is 0.300. The Morgan fingerprint density at radius 2 is 2.00 bits per heavy atom. The van der Waals surface area contributed by atoms with Gasteiger partial charge in [0.25, 0.3) is 0 Å². The van der Waals surface area contributed by atoms with E-state index in [4.69, 9.17) is 23.2 Å². The summed E-state index contributed by atoms with van der Waals surface area (Å²) in [5.41, 5.74) is 1.33. The zero-order valence-corrected chi connectivity index (χ0v) is 11.5. The molecule has 0 N–H and O–H groups in total. The Morgan fingerprint density at radius 3 is 2.53 bits per heavy atom. The summed E-state index contributed by atoms with van der Waals surface area (Å²) in [6.45, 7) is 1.86. The van der Waals surface area contributed by atoms with E-state index in [9.17, 15) is 4.79 Å². The number of hydrogen-bond acceptors (Lipinski definition) is 1. The van der Waals surface area contributed by atoms with Gasteiger partial charge in [0.15, 0.2) is 5.78 Å². The smallest absolute Gasteiger partial charge is 0.166 e. The molecule has 1 unspecified atom stereocenters. The molecule has 1 aromatic rings. The molecule has 0 aliphatic carbocycles. The fourth-order valence-corrected chi connectivity index (χ4v) is 2.01. The van der Waals surface area contributed by atoms with Gasteiger partial charge >= 0.3 is 0 Å². The molecular weight excluding hydrogens is 245 g/mol. The number of carbonyl (C=O) groups excluding carboxylic acids is 1. The van der Waals surface area contributed by atoms with Crippen molar-refractivity contribution in [3.63, 3.8) is 0 Å². The van der Waals surface area contributed by atoms with E-state index in [1.165, 1.54) is 0 Å². The van der Waals surface area contributed by atoms with E-state index in [2.05, 4.69) is 9.24 Å². The maximum Gasteiger partial charge on any atom is 0.166 e. The van der Waals surface area contributed by atoms with Crippen LogP contribution in [-0.2, 0) is 0 Å². The van der Waals surface area contributed by atoms with Gasteiger partial charge in [-0.15, -0.1) is 9.24 Å². The molecule has 1 radical (unpaired) electrons. The van der Waals surface area contributed by atoms with Crippen LogP contribution < -0.4 is 0 Å². The molecule has 77 valence electrons. The van der Waals surface area contributed by atoms with Crippen LogP contribution in [0.25, 0.3) is 0 Å². The van der Waals surface area contributed by atoms with Crippen molar-refractivity contribution in [2.45, 2.75) is 13.3 Å². The molecule has 1 atom stereocenters. The molecule has 1 nitrogen and oxygen atoms in total. The standard InChI is InChI=1S/C10H11Cl2OP.Li/c1-6-2-3-7(11)9(10(6)12)8(13)4-5-14;/h2-3H,4-5,14H2,1H3;. The van der Waals surface area contributed by atoms with Crippen LogP contribution in [0.15, 0.2) is 12.1 Å². The van der Waals surface area contributed by atoms with E-state index in [0.29, 0.717) is 22.0 Å². The number of hydrogen-bond donors (Lipinski definition) is 0. The molecule has 15 heavy (non-hydrogen) atoms. The second kappa shape index (κ2) is 6.95. The minimum absolute atomic E-state index is 0. The van der Waals surface area contributed by atoms with E-state index in [0.717, 1.165) is 11.7 Å². The third kappa shape index (κ3) is 3.77. The van der Waals surface area contributed by atoms with Gasteiger partial charge in [-0.1, -0.05) is 29.3 Å². The molecule has 0 saturated heterocycles. The number of carbonyl (C=O) groups is 1. The van der Waals surface area contributed by atoms with Crippen molar-refractivity contribution in [1.29, 1.82) is 0 Å². The summed E-state index contributed by atoms with van der Waals surface area (Å²) in [7, 11) is 2.51. The molecule has 5 heteroatoms. The Balaban J connectivity index is 0.00000196. The number of benzene rings is 1. The molecule has 0 aromatic heterocycles. The van der Waals surface area contributed by atoms with Crippen molar-refractivity contribution >= 4 is 57.1 Å². The summed E-state index contributed by atoms with van der Waals surface area (Å²) in [4.78, 5) is 11.7. The molecule has 0 saturated carbocycles. The van der Waals surface area contributed by atoms with Crippen LogP contribution in [0.3, 0.4) is 0 Å². The van der Waals surface area contributed by atoms with Crippen molar-refractivity contribution in [1.82, 2.24) is 0 Å². The quantitative estimate of drug-likeness (QED) is 0.460. The predicted molar refractivity (Wildman–Crippen MR) is 70.5 cm³/mol. The first-order chi connectivity index (χ1) is 6.57. The third-order valence-corrected chi connectivity index (χ3v) is 3.03. The Labute approximate surface area is 114 Å². The maximum atomic E-state index is 11.7. The maximum absolute atomic E-state index is 11.7. The van der Waals surface area contributed by atoms with Gasteiger partial charge in [-0.05, 0) is 24.7 Å². The average Bonchev–Trinajstić information content (AvgIpc) is 2.13. The van der Waals surface area contributed by atoms with Gasteiger partial charge in [0.2, 0.25) is 0 Å². The molecule has 1 rings (SSSR count). The molecule has 0 aliphatic heterocycles. The van der Waals surface area contributed by atoms with Crippen molar-refractivity contribution < 1.29 is 4.79 Å². The van der Waals surface area contributed by atoms with Gasteiger partial charge < -0.3 is 0 Å². The number of halogens is 2. The fourth-order valence-electron chi connectivity index (χ4n) is 1.17. The summed E-state index contributed by atoms with van der Waals surface area (Å²) < 4.78 is 0. The van der Waals surface area contributed by atoms with Crippen LogP contribution in [-0.4, -0.2) is 30.8 Å². The average molecular weight is 256 g/mol. The van der Waals surface area contributed by atoms with Crippen LogP contribution in [0, 0.1) is 6.92 Å². The summed E-state index contributed by atoms with van der Waals surface area (Å²) in [5, 5.41) is 0.907. The number of aryl methyl sites for hydroxylation is 1. The first-order valence-corrected chi connectivity index (χ1v) is 5.83. The van der Waals surface area contributed by atoms with E-state index >= 15 is 0 Å². The molecule has 0 heterocycles. The minimum Gasteiger partial charge on any atom is -0.294 e. The van der Waals surface area contributed by atoms with E-state index in [-0.39, 0.29) is 24.6 Å². The Morgan fingerprint density at radius 1 is 1.40 bits per heavy atom. The number of Topliss-reactive ketones (excluding diaryl/α,β-unsaturated/α-hetero) is 1. The summed E-state index contributed by atoms with van der Waals surface area (Å²) in [6.07, 6.45) is 1.17. The largest absolute Gasteiger partial charge is 0.294 e. The topological polar surface area (TPSA) is 17.1 Å². The van der Waals surface area contributed by atoms with Gasteiger partial charge in [-0.25, -0.2) is 0 Å². The van der Waals surface area contributed by atoms with Crippen molar-refractivity contribution in [2.75, 3.05) is 6.16 Å². The molecule has 0 amide bonds. The minimum atomic E-state index is -0.00120. The second-order valence-electron chi connectivity index (χ2n) is 3.02. The van der Waals surface area contributed by atoms with Gasteiger partial charge in [0, 0.05) is 25.3 Å². The summed E-state index contributed by atoms with van der Waals surface area (Å²) in [6, 6.07) is 3.51. The molecule has 0 aliphatic rings. The Kier molecular flexibility index (Phi) is 7.18. The number of rotatable bonds is 3. The van der Waals surface area contributed by atoms with Gasteiger partial charge in [0.05, 0.1) is 15.6 Å².